The molecule has 0 fully saturated rings. The average Bonchev–Trinajstić information content (AvgIpc) is 3.10. The maximum Gasteiger partial charge on any atom is 0.391 e. The molecule has 1 aromatic heterocycles. The van der Waals surface area contributed by atoms with E-state index < -0.39 is 36.1 Å². The van der Waals surface area contributed by atoms with E-state index in [9.17, 15) is 27.2 Å². The molecule has 2 amide bonds. The number of benzene rings is 1. The highest BCUT2D eigenvalue weighted by Gasteiger charge is 2.39. The maximum absolute atomic E-state index is 13.5. The molecule has 0 saturated carbocycles. The van der Waals surface area contributed by atoms with Crippen molar-refractivity contribution in [2.45, 2.75) is 45.6 Å². The number of Topliss-reactive ketones (excluding diaryl/α,β-unsaturated/α-hetero) is 1. The van der Waals surface area contributed by atoms with Crippen molar-refractivity contribution in [3.63, 3.8) is 0 Å². The van der Waals surface area contributed by atoms with Gasteiger partial charge in [0.2, 0.25) is 0 Å². The third kappa shape index (κ3) is 4.68. The van der Waals surface area contributed by atoms with Crippen LogP contribution < -0.4 is 5.32 Å². The average molecular weight is 437 g/mol. The minimum Gasteiger partial charge on any atom is -0.330 e. The van der Waals surface area contributed by atoms with Gasteiger partial charge < -0.3 is 14.8 Å². The third-order valence-electron chi connectivity index (χ3n) is 5.17. The van der Waals surface area contributed by atoms with Crippen molar-refractivity contribution in [3.8, 4) is 6.07 Å². The van der Waals surface area contributed by atoms with Gasteiger partial charge in [-0.3, -0.25) is 4.79 Å². The highest BCUT2D eigenvalue weighted by molar-refractivity contribution is 5.96. The number of amides is 2. The van der Waals surface area contributed by atoms with Crippen LogP contribution in [0, 0.1) is 23.1 Å². The second kappa shape index (κ2) is 8.37. The van der Waals surface area contributed by atoms with Crippen LogP contribution in [0.15, 0.2) is 24.5 Å². The van der Waals surface area contributed by atoms with Gasteiger partial charge in [0.25, 0.3) is 0 Å². The molecule has 164 valence electrons. The van der Waals surface area contributed by atoms with Crippen LogP contribution in [-0.4, -0.2) is 38.5 Å². The summed E-state index contributed by atoms with van der Waals surface area (Å²) in [4.78, 5) is 30.6. The minimum absolute atomic E-state index is 0.0409. The summed E-state index contributed by atoms with van der Waals surface area (Å²) in [5.41, 5.74) is 0.248. The number of nitrogens with one attached hydrogen (secondary N) is 1. The molecule has 2 aromatic rings. The maximum atomic E-state index is 13.5. The highest BCUT2D eigenvalue weighted by atomic mass is 19.4. The molecule has 0 saturated heterocycles. The zero-order valence-electron chi connectivity index (χ0n) is 16.7. The first-order valence-corrected chi connectivity index (χ1v) is 9.42. The van der Waals surface area contributed by atoms with Crippen LogP contribution in [0.4, 0.5) is 28.0 Å². The number of hydrogen-bond acceptors (Lipinski definition) is 4. The summed E-state index contributed by atoms with van der Waals surface area (Å²) in [5.74, 6) is -3.27. The predicted octanol–water partition coefficient (Wildman–Crippen LogP) is 4.10. The van der Waals surface area contributed by atoms with E-state index in [1.54, 1.807) is 17.6 Å². The third-order valence-corrected chi connectivity index (χ3v) is 5.17. The molecule has 11 heteroatoms. The van der Waals surface area contributed by atoms with Gasteiger partial charge in [0.1, 0.15) is 17.6 Å². The molecule has 1 aliphatic rings. The monoisotopic (exact) mass is 437 g/mol. The molecule has 1 aliphatic heterocycles. The van der Waals surface area contributed by atoms with Crippen molar-refractivity contribution in [2.24, 2.45) is 5.92 Å². The minimum atomic E-state index is -4.49. The first-order valence-electron chi connectivity index (χ1n) is 9.42. The van der Waals surface area contributed by atoms with Gasteiger partial charge >= 0.3 is 12.2 Å². The molecule has 1 aromatic carbocycles. The molecule has 0 radical (unpaired) electrons. The van der Waals surface area contributed by atoms with Crippen LogP contribution in [0.25, 0.3) is 0 Å². The van der Waals surface area contributed by atoms with Crippen molar-refractivity contribution in [3.05, 3.63) is 47.3 Å². The van der Waals surface area contributed by atoms with E-state index in [1.165, 1.54) is 23.4 Å². The Morgan fingerprint density at radius 2 is 2.10 bits per heavy atom. The molecule has 0 aliphatic carbocycles. The quantitative estimate of drug-likeness (QED) is 0.576. The molecular formula is C20H19F4N5O2. The number of imidazole rings is 1. The molecule has 7 nitrogen and oxygen atoms in total. The van der Waals surface area contributed by atoms with Crippen LogP contribution in [0.2, 0.25) is 0 Å². The Kier molecular flexibility index (Phi) is 6.01. The van der Waals surface area contributed by atoms with Crippen LogP contribution in [0.3, 0.4) is 0 Å². The molecule has 2 atom stereocenters. The number of nitriles is 1. The van der Waals surface area contributed by atoms with E-state index in [-0.39, 0.29) is 29.5 Å². The van der Waals surface area contributed by atoms with Gasteiger partial charge in [0.15, 0.2) is 5.78 Å². The summed E-state index contributed by atoms with van der Waals surface area (Å²) in [6.07, 6.45) is -3.85. The number of rotatable bonds is 4. The highest BCUT2D eigenvalue weighted by Crippen LogP contribution is 2.30. The Hall–Kier alpha value is -3.42. The van der Waals surface area contributed by atoms with Crippen molar-refractivity contribution in [1.82, 2.24) is 14.5 Å². The Morgan fingerprint density at radius 3 is 2.74 bits per heavy atom. The number of urea groups is 1. The topological polar surface area (TPSA) is 91.0 Å². The Bertz CT molecular complexity index is 1060. The van der Waals surface area contributed by atoms with Crippen LogP contribution in [-0.2, 0) is 13.1 Å². The molecule has 31 heavy (non-hydrogen) atoms. The molecule has 3 rings (SSSR count). The van der Waals surface area contributed by atoms with Gasteiger partial charge in [-0.2, -0.15) is 18.4 Å². The Balaban J connectivity index is 1.78. The molecule has 0 spiro atoms. The van der Waals surface area contributed by atoms with Crippen LogP contribution in [0.1, 0.15) is 42.0 Å². The van der Waals surface area contributed by atoms with E-state index >= 15 is 0 Å². The number of aromatic nitrogens is 2. The fourth-order valence-electron chi connectivity index (χ4n) is 3.31. The van der Waals surface area contributed by atoms with Crippen molar-refractivity contribution in [2.75, 3.05) is 5.32 Å². The van der Waals surface area contributed by atoms with E-state index in [1.807, 2.05) is 0 Å². The number of carbonyl (C=O) groups is 2. The van der Waals surface area contributed by atoms with Gasteiger partial charge in [-0.25, -0.2) is 14.2 Å². The zero-order chi connectivity index (χ0) is 22.9. The summed E-state index contributed by atoms with van der Waals surface area (Å²) >= 11 is 0. The number of nitrogens with zero attached hydrogens (tertiary/aromatic N) is 4. The number of hydrogen-bond donors (Lipinski definition) is 1. The summed E-state index contributed by atoms with van der Waals surface area (Å²) in [6, 6.07) is 4.37. The second-order valence-corrected chi connectivity index (χ2v) is 7.48. The predicted molar refractivity (Wildman–Crippen MR) is 102 cm³/mol. The lowest BCUT2D eigenvalue weighted by Crippen LogP contribution is -2.46. The molecular weight excluding hydrogens is 418 g/mol. The smallest absolute Gasteiger partial charge is 0.330 e. The number of carbonyl (C=O) groups excluding carboxylic acids is 2. The Morgan fingerprint density at radius 1 is 1.39 bits per heavy atom. The molecule has 2 heterocycles. The van der Waals surface area contributed by atoms with Gasteiger partial charge in [-0.15, -0.1) is 0 Å². The summed E-state index contributed by atoms with van der Waals surface area (Å²) in [7, 11) is 0. The first kappa shape index (κ1) is 22.3. The van der Waals surface area contributed by atoms with Gasteiger partial charge in [-0.05, 0) is 25.1 Å². The Labute approximate surface area is 175 Å². The number of anilines is 1. The van der Waals surface area contributed by atoms with Crippen molar-refractivity contribution < 1.29 is 27.2 Å². The zero-order valence-corrected chi connectivity index (χ0v) is 16.7. The summed E-state index contributed by atoms with van der Waals surface area (Å²) in [6.45, 7) is 2.95. The van der Waals surface area contributed by atoms with Gasteiger partial charge in [0, 0.05) is 24.7 Å². The molecule has 0 unspecified atom stereocenters. The molecule has 1 N–H and O–H groups in total. The van der Waals surface area contributed by atoms with Crippen molar-refractivity contribution >= 4 is 17.5 Å². The fourth-order valence-corrected chi connectivity index (χ4v) is 3.31. The fraction of sp³-hybridized carbons (Fsp3) is 0.400. The second-order valence-electron chi connectivity index (χ2n) is 7.48. The lowest BCUT2D eigenvalue weighted by atomic mass is 10.0. The first-order chi connectivity index (χ1) is 14.5. The summed E-state index contributed by atoms with van der Waals surface area (Å²) in [5, 5.41) is 11.5. The number of fused-ring (bicyclic) bond motifs is 1. The van der Waals surface area contributed by atoms with Gasteiger partial charge in [-0.1, -0.05) is 6.92 Å². The summed E-state index contributed by atoms with van der Waals surface area (Å²) < 4.78 is 53.6. The molecule has 0 bridgehead atoms. The largest absolute Gasteiger partial charge is 0.391 e. The lowest BCUT2D eigenvalue weighted by Gasteiger charge is -2.34. The van der Waals surface area contributed by atoms with Crippen LogP contribution >= 0.6 is 0 Å². The van der Waals surface area contributed by atoms with E-state index in [2.05, 4.69) is 10.3 Å². The normalized spacial score (nSPS) is 16.9. The number of halogens is 4. The van der Waals surface area contributed by atoms with Crippen LogP contribution in [0.5, 0.6) is 0 Å². The van der Waals surface area contributed by atoms with Gasteiger partial charge in [0.05, 0.1) is 30.0 Å². The van der Waals surface area contributed by atoms with E-state index in [4.69, 9.17) is 5.26 Å². The van der Waals surface area contributed by atoms with Crippen molar-refractivity contribution in [1.29, 1.82) is 5.26 Å². The SMILES string of the molecule is C[C@@H]1Cn2cnc(C(=O)C[C@H](C)C(F)(F)F)c2CN1C(=O)Nc1ccc(F)c(C#N)c1. The lowest BCUT2D eigenvalue weighted by molar-refractivity contribution is -0.168. The van der Waals surface area contributed by atoms with E-state index in [0.717, 1.165) is 13.0 Å². The number of alkyl halides is 3. The standard InChI is InChI=1S/C20H19F4N5O2/c1-11(20(22,23)24)5-17(30)18-16-9-29(12(2)8-28(16)10-26-18)19(31)27-14-3-4-15(21)13(6-14)7-25/h3-4,6,10-12H,5,8-9H2,1-2H3,(H,27,31)/t11-,12+/m0/s1. The number of ketones is 1. The van der Waals surface area contributed by atoms with E-state index in [0.29, 0.717) is 12.2 Å².